The van der Waals surface area contributed by atoms with Crippen LogP contribution in [0.4, 0.5) is 0 Å². The predicted octanol–water partition coefficient (Wildman–Crippen LogP) is 2.80. The van der Waals surface area contributed by atoms with Crippen LogP contribution in [0.25, 0.3) is 0 Å². The van der Waals surface area contributed by atoms with Gasteiger partial charge in [0.2, 0.25) is 0 Å². The van der Waals surface area contributed by atoms with Gasteiger partial charge < -0.3 is 19.5 Å². The van der Waals surface area contributed by atoms with Gasteiger partial charge >= 0.3 is 0 Å². The van der Waals surface area contributed by atoms with Gasteiger partial charge in [-0.25, -0.2) is 0 Å². The number of hydrogen-bond donors (Lipinski definition) is 1. The largest absolute Gasteiger partial charge is 0.493 e. The molecule has 1 N–H and O–H groups in total. The van der Waals surface area contributed by atoms with Gasteiger partial charge in [0.25, 0.3) is 0 Å². The van der Waals surface area contributed by atoms with Crippen molar-refractivity contribution in [1.82, 2.24) is 5.32 Å². The van der Waals surface area contributed by atoms with Crippen molar-refractivity contribution in [2.24, 2.45) is 0 Å². The van der Waals surface area contributed by atoms with E-state index in [1.807, 2.05) is 42.5 Å². The van der Waals surface area contributed by atoms with Crippen LogP contribution in [-0.2, 0) is 4.74 Å². The Hall–Kier alpha value is -2.04. The average molecular weight is 298 g/mol. The highest BCUT2D eigenvalue weighted by Crippen LogP contribution is 2.33. The molecule has 0 spiro atoms. The molecule has 0 aliphatic carbocycles. The minimum atomic E-state index is -0.176. The Morgan fingerprint density at radius 3 is 2.45 bits per heavy atom. The first-order valence-corrected chi connectivity index (χ1v) is 7.55. The molecule has 3 rings (SSSR count). The van der Waals surface area contributed by atoms with E-state index in [1.165, 1.54) is 0 Å². The van der Waals surface area contributed by atoms with Crippen molar-refractivity contribution >= 4 is 0 Å². The molecule has 0 bridgehead atoms. The molecule has 1 saturated heterocycles. The Morgan fingerprint density at radius 1 is 1.05 bits per heavy atom. The fourth-order valence-electron chi connectivity index (χ4n) is 2.63. The molecule has 2 atom stereocenters. The second-order valence-corrected chi connectivity index (χ2v) is 5.21. The van der Waals surface area contributed by atoms with Crippen molar-refractivity contribution in [1.29, 1.82) is 0 Å². The summed E-state index contributed by atoms with van der Waals surface area (Å²) in [6.07, 6.45) is -0.202. The van der Waals surface area contributed by atoms with E-state index >= 15 is 0 Å². The minimum Gasteiger partial charge on any atom is -0.493 e. The van der Waals surface area contributed by atoms with Crippen LogP contribution in [0.15, 0.2) is 54.6 Å². The quantitative estimate of drug-likeness (QED) is 0.921. The van der Waals surface area contributed by atoms with Crippen molar-refractivity contribution in [3.8, 4) is 11.5 Å². The van der Waals surface area contributed by atoms with E-state index in [0.717, 1.165) is 30.2 Å². The van der Waals surface area contributed by atoms with E-state index in [9.17, 15) is 0 Å². The van der Waals surface area contributed by atoms with E-state index in [-0.39, 0.29) is 12.2 Å². The summed E-state index contributed by atoms with van der Waals surface area (Å²) in [7, 11) is 1.65. The highest BCUT2D eigenvalue weighted by molar-refractivity contribution is 5.40. The van der Waals surface area contributed by atoms with Crippen molar-refractivity contribution in [2.75, 3.05) is 26.8 Å². The van der Waals surface area contributed by atoms with E-state index in [2.05, 4.69) is 17.4 Å². The number of hydrogen-bond acceptors (Lipinski definition) is 4. The number of para-hydroxylation sites is 2. The van der Waals surface area contributed by atoms with Crippen LogP contribution in [0.1, 0.15) is 11.7 Å². The van der Waals surface area contributed by atoms with Gasteiger partial charge in [0.05, 0.1) is 13.7 Å². The summed E-state index contributed by atoms with van der Waals surface area (Å²) in [5.41, 5.74) is 1.10. The van der Waals surface area contributed by atoms with Crippen molar-refractivity contribution in [3.05, 3.63) is 60.2 Å². The molecule has 116 valence electrons. The molecule has 0 radical (unpaired) electrons. The number of morpholine rings is 1. The lowest BCUT2D eigenvalue weighted by atomic mass is 10.0. The summed E-state index contributed by atoms with van der Waals surface area (Å²) in [5, 5.41) is 3.36. The molecule has 4 heteroatoms. The van der Waals surface area contributed by atoms with Crippen molar-refractivity contribution in [2.45, 2.75) is 12.2 Å². The smallest absolute Gasteiger partial charge is 0.162 e. The second-order valence-electron chi connectivity index (χ2n) is 5.21. The summed E-state index contributed by atoms with van der Waals surface area (Å²) in [5.74, 6) is 1.46. The first-order valence-electron chi connectivity index (χ1n) is 7.55. The summed E-state index contributed by atoms with van der Waals surface area (Å²) in [4.78, 5) is 0. The summed E-state index contributed by atoms with van der Waals surface area (Å²) in [6.45, 7) is 2.35. The third kappa shape index (κ3) is 3.40. The molecular formula is C18H21NO3. The lowest BCUT2D eigenvalue weighted by Gasteiger charge is -2.32. The summed E-state index contributed by atoms with van der Waals surface area (Å²) in [6, 6.07) is 17.9. The summed E-state index contributed by atoms with van der Waals surface area (Å²) >= 11 is 0. The van der Waals surface area contributed by atoms with Crippen LogP contribution in [0.5, 0.6) is 11.5 Å². The molecule has 1 fully saturated rings. The third-order valence-electron chi connectivity index (χ3n) is 3.75. The molecular weight excluding hydrogens is 277 g/mol. The lowest BCUT2D eigenvalue weighted by Crippen LogP contribution is -2.43. The molecule has 1 aliphatic rings. The molecule has 2 aromatic carbocycles. The minimum absolute atomic E-state index is 0.0268. The molecule has 1 aliphatic heterocycles. The maximum atomic E-state index is 6.27. The molecule has 0 saturated carbocycles. The van der Waals surface area contributed by atoms with Crippen LogP contribution in [-0.4, -0.2) is 32.9 Å². The third-order valence-corrected chi connectivity index (χ3v) is 3.75. The zero-order valence-electron chi connectivity index (χ0n) is 12.7. The Bertz CT molecular complexity index is 582. The number of ether oxygens (including phenoxy) is 3. The number of methoxy groups -OCH3 is 1. The molecule has 2 aromatic rings. The first-order chi connectivity index (χ1) is 10.9. The molecule has 0 unspecified atom stereocenters. The zero-order valence-corrected chi connectivity index (χ0v) is 12.7. The number of rotatable bonds is 5. The Kier molecular flexibility index (Phi) is 4.93. The Morgan fingerprint density at radius 2 is 1.77 bits per heavy atom. The first kappa shape index (κ1) is 14.9. The molecule has 0 aromatic heterocycles. The fraction of sp³-hybridized carbons (Fsp3) is 0.333. The van der Waals surface area contributed by atoms with E-state index in [4.69, 9.17) is 14.2 Å². The van der Waals surface area contributed by atoms with Gasteiger partial charge in [-0.2, -0.15) is 0 Å². The highest BCUT2D eigenvalue weighted by atomic mass is 16.6. The second kappa shape index (κ2) is 7.29. The average Bonchev–Trinajstić information content (AvgIpc) is 2.61. The molecule has 1 heterocycles. The van der Waals surface area contributed by atoms with Crippen LogP contribution in [0.3, 0.4) is 0 Å². The zero-order chi connectivity index (χ0) is 15.2. The monoisotopic (exact) mass is 298 g/mol. The normalized spacial score (nSPS) is 19.4. The van der Waals surface area contributed by atoms with Gasteiger partial charge in [0, 0.05) is 13.1 Å². The van der Waals surface area contributed by atoms with Crippen molar-refractivity contribution in [3.63, 3.8) is 0 Å². The Balaban J connectivity index is 1.88. The van der Waals surface area contributed by atoms with Gasteiger partial charge in [0.1, 0.15) is 6.10 Å². The molecule has 4 nitrogen and oxygen atoms in total. The number of nitrogens with one attached hydrogen (secondary N) is 1. The topological polar surface area (TPSA) is 39.7 Å². The standard InChI is InChI=1S/C18H21NO3/c1-20-15-9-5-6-10-16(15)22-18(14-7-3-2-4-8-14)17-13-19-11-12-21-17/h2-10,17-19H,11-13H2,1H3/t17-,18+/m1/s1/i1-1. The maximum Gasteiger partial charge on any atom is 0.162 e. The van der Waals surface area contributed by atoms with Crippen LogP contribution in [0.2, 0.25) is 0 Å². The number of benzene rings is 2. The van der Waals surface area contributed by atoms with Gasteiger partial charge in [-0.3, -0.25) is 0 Å². The van der Waals surface area contributed by atoms with E-state index in [1.54, 1.807) is 7.11 Å². The highest BCUT2D eigenvalue weighted by Gasteiger charge is 2.28. The van der Waals surface area contributed by atoms with Crippen LogP contribution < -0.4 is 14.8 Å². The van der Waals surface area contributed by atoms with Crippen molar-refractivity contribution < 1.29 is 14.2 Å². The van der Waals surface area contributed by atoms with Crippen LogP contribution >= 0.6 is 0 Å². The SMILES string of the molecule is [11CH3]Oc1ccccc1O[C@@H](c1ccccc1)[C@H]1CNCCO1. The van der Waals surface area contributed by atoms with Crippen LogP contribution in [0, 0.1) is 0 Å². The van der Waals surface area contributed by atoms with E-state index < -0.39 is 0 Å². The lowest BCUT2D eigenvalue weighted by molar-refractivity contribution is -0.0438. The molecule has 0 amide bonds. The maximum absolute atomic E-state index is 6.27. The van der Waals surface area contributed by atoms with Gasteiger partial charge in [-0.15, -0.1) is 0 Å². The van der Waals surface area contributed by atoms with Gasteiger partial charge in [-0.05, 0) is 17.7 Å². The molecule has 22 heavy (non-hydrogen) atoms. The predicted molar refractivity (Wildman–Crippen MR) is 85.4 cm³/mol. The van der Waals surface area contributed by atoms with Gasteiger partial charge in [-0.1, -0.05) is 42.5 Å². The van der Waals surface area contributed by atoms with E-state index in [0.29, 0.717) is 6.61 Å². The van der Waals surface area contributed by atoms with Gasteiger partial charge in [0.15, 0.2) is 17.6 Å². The fourth-order valence-corrected chi connectivity index (χ4v) is 2.63. The summed E-state index contributed by atoms with van der Waals surface area (Å²) < 4.78 is 17.6. The Labute approximate surface area is 131 Å².